The van der Waals surface area contributed by atoms with Gasteiger partial charge in [0, 0.05) is 11.3 Å². The highest BCUT2D eigenvalue weighted by Crippen LogP contribution is 2.34. The van der Waals surface area contributed by atoms with Crippen LogP contribution in [-0.4, -0.2) is 37.4 Å². The number of carbonyl (C=O) groups is 2. The van der Waals surface area contributed by atoms with Crippen LogP contribution < -0.4 is 10.6 Å². The molecule has 2 aromatic rings. The number of rotatable bonds is 5. The van der Waals surface area contributed by atoms with E-state index >= 15 is 0 Å². The van der Waals surface area contributed by atoms with E-state index in [-0.39, 0.29) is 18.0 Å². The molecule has 2 aromatic carbocycles. The summed E-state index contributed by atoms with van der Waals surface area (Å²) in [6.45, 7) is 0.251. The number of hydrogen-bond donors (Lipinski definition) is 2. The number of nitrogens with zero attached hydrogens (tertiary/aromatic N) is 1. The second-order valence-corrected chi connectivity index (χ2v) is 5.86. The summed E-state index contributed by atoms with van der Waals surface area (Å²) in [4.78, 5) is 25.6. The van der Waals surface area contributed by atoms with E-state index in [4.69, 9.17) is 0 Å². The van der Waals surface area contributed by atoms with Crippen LogP contribution in [0, 0.1) is 0 Å². The number of Topliss-reactive ketones (excluding diaryl/α,β-unsaturated/α-hetero) is 1. The van der Waals surface area contributed by atoms with E-state index in [0.29, 0.717) is 11.3 Å². The molecular formula is C18H18F3N3O2. The van der Waals surface area contributed by atoms with E-state index < -0.39 is 17.8 Å². The van der Waals surface area contributed by atoms with Crippen molar-refractivity contribution in [2.24, 2.45) is 0 Å². The fourth-order valence-electron chi connectivity index (χ4n) is 2.24. The van der Waals surface area contributed by atoms with Gasteiger partial charge >= 0.3 is 12.2 Å². The number of alkyl halides is 3. The summed E-state index contributed by atoms with van der Waals surface area (Å²) in [7, 11) is 3.55. The van der Waals surface area contributed by atoms with Gasteiger partial charge in [0.25, 0.3) is 0 Å². The average molecular weight is 365 g/mol. The first-order valence-corrected chi connectivity index (χ1v) is 7.69. The Kier molecular flexibility index (Phi) is 5.99. The zero-order chi connectivity index (χ0) is 19.3. The molecular weight excluding hydrogens is 347 g/mol. The molecule has 0 aliphatic rings. The third kappa shape index (κ3) is 5.32. The number of benzene rings is 2. The van der Waals surface area contributed by atoms with Gasteiger partial charge < -0.3 is 15.5 Å². The molecule has 0 aliphatic carbocycles. The highest BCUT2D eigenvalue weighted by molar-refractivity contribution is 6.01. The Morgan fingerprint density at radius 1 is 0.962 bits per heavy atom. The fraction of sp³-hybridized carbons (Fsp3) is 0.222. The van der Waals surface area contributed by atoms with Crippen LogP contribution in [0.25, 0.3) is 0 Å². The Bertz CT molecular complexity index is 787. The number of carbonyl (C=O) groups excluding carboxylic acids is 2. The molecule has 0 unspecified atom stereocenters. The Morgan fingerprint density at radius 2 is 1.58 bits per heavy atom. The predicted octanol–water partition coefficient (Wildman–Crippen LogP) is 4.09. The van der Waals surface area contributed by atoms with Gasteiger partial charge in [0.2, 0.25) is 0 Å². The third-order valence-corrected chi connectivity index (χ3v) is 3.41. The Balaban J connectivity index is 2.04. The first kappa shape index (κ1) is 19.5. The van der Waals surface area contributed by atoms with Crippen LogP contribution in [0.4, 0.5) is 29.3 Å². The largest absolute Gasteiger partial charge is 0.418 e. The van der Waals surface area contributed by atoms with Gasteiger partial charge in [-0.05, 0) is 50.5 Å². The van der Waals surface area contributed by atoms with Crippen LogP contribution in [0.1, 0.15) is 15.9 Å². The van der Waals surface area contributed by atoms with Crippen molar-refractivity contribution in [1.29, 1.82) is 0 Å². The van der Waals surface area contributed by atoms with E-state index in [1.165, 1.54) is 30.3 Å². The number of amides is 2. The van der Waals surface area contributed by atoms with Crippen LogP contribution >= 0.6 is 0 Å². The molecule has 0 saturated carbocycles. The number of urea groups is 1. The van der Waals surface area contributed by atoms with Crippen molar-refractivity contribution in [3.05, 3.63) is 59.7 Å². The molecule has 8 heteroatoms. The fourth-order valence-corrected chi connectivity index (χ4v) is 2.24. The summed E-state index contributed by atoms with van der Waals surface area (Å²) < 4.78 is 38.8. The molecule has 0 atom stereocenters. The summed E-state index contributed by atoms with van der Waals surface area (Å²) in [6, 6.07) is 10.0. The molecule has 0 fully saturated rings. The molecule has 0 aromatic heterocycles. The monoisotopic (exact) mass is 365 g/mol. The van der Waals surface area contributed by atoms with Gasteiger partial charge in [0.15, 0.2) is 5.78 Å². The molecule has 26 heavy (non-hydrogen) atoms. The van der Waals surface area contributed by atoms with Crippen LogP contribution in [-0.2, 0) is 6.18 Å². The van der Waals surface area contributed by atoms with Crippen LogP contribution in [0.15, 0.2) is 48.5 Å². The Hall–Kier alpha value is -2.87. The minimum atomic E-state index is -4.57. The topological polar surface area (TPSA) is 61.4 Å². The summed E-state index contributed by atoms with van der Waals surface area (Å²) in [6.07, 6.45) is -4.57. The molecule has 138 valence electrons. The van der Waals surface area contributed by atoms with E-state index in [9.17, 15) is 22.8 Å². The first-order valence-electron chi connectivity index (χ1n) is 7.69. The molecule has 0 radical (unpaired) electrons. The summed E-state index contributed by atoms with van der Waals surface area (Å²) in [5.74, 6) is -0.0786. The van der Waals surface area contributed by atoms with Gasteiger partial charge in [-0.25, -0.2) is 4.79 Å². The SMILES string of the molecule is CN(C)CC(=O)c1ccc(NC(=O)Nc2ccccc2C(F)(F)F)cc1. The average Bonchev–Trinajstić information content (AvgIpc) is 2.54. The summed E-state index contributed by atoms with van der Waals surface area (Å²) in [5.41, 5.74) is -0.435. The Labute approximate surface area is 148 Å². The van der Waals surface area contributed by atoms with E-state index in [1.807, 2.05) is 0 Å². The number of halogens is 3. The molecule has 2 N–H and O–H groups in total. The summed E-state index contributed by atoms with van der Waals surface area (Å²) >= 11 is 0. The highest BCUT2D eigenvalue weighted by atomic mass is 19.4. The van der Waals surface area contributed by atoms with E-state index in [1.54, 1.807) is 31.1 Å². The van der Waals surface area contributed by atoms with Gasteiger partial charge in [-0.15, -0.1) is 0 Å². The number of para-hydroxylation sites is 1. The molecule has 2 amide bonds. The van der Waals surface area contributed by atoms with E-state index in [2.05, 4.69) is 10.6 Å². The van der Waals surface area contributed by atoms with Crippen molar-refractivity contribution in [2.75, 3.05) is 31.3 Å². The highest BCUT2D eigenvalue weighted by Gasteiger charge is 2.33. The lowest BCUT2D eigenvalue weighted by Gasteiger charge is -2.14. The number of likely N-dealkylation sites (N-methyl/N-ethyl adjacent to an activating group) is 1. The van der Waals surface area contributed by atoms with Gasteiger partial charge in [-0.2, -0.15) is 13.2 Å². The van der Waals surface area contributed by atoms with Gasteiger partial charge in [-0.3, -0.25) is 4.79 Å². The lowest BCUT2D eigenvalue weighted by molar-refractivity contribution is -0.136. The third-order valence-electron chi connectivity index (χ3n) is 3.41. The first-order chi connectivity index (χ1) is 12.2. The standard InChI is InChI=1S/C18H18F3N3O2/c1-24(2)11-16(25)12-7-9-13(10-8-12)22-17(26)23-15-6-4-3-5-14(15)18(19,20)21/h3-10H,11H2,1-2H3,(H2,22,23,26). The maximum Gasteiger partial charge on any atom is 0.418 e. The maximum absolute atomic E-state index is 12.9. The number of anilines is 2. The second kappa shape index (κ2) is 8.01. The van der Waals surface area contributed by atoms with Crippen molar-refractivity contribution >= 4 is 23.2 Å². The molecule has 0 spiro atoms. The van der Waals surface area contributed by atoms with Gasteiger partial charge in [0.05, 0.1) is 17.8 Å². The molecule has 0 saturated heterocycles. The van der Waals surface area contributed by atoms with Crippen molar-refractivity contribution in [2.45, 2.75) is 6.18 Å². The Morgan fingerprint density at radius 3 is 2.15 bits per heavy atom. The van der Waals surface area contributed by atoms with Crippen molar-refractivity contribution in [1.82, 2.24) is 4.90 Å². The smallest absolute Gasteiger partial charge is 0.308 e. The predicted molar refractivity (Wildman–Crippen MR) is 93.4 cm³/mol. The maximum atomic E-state index is 12.9. The lowest BCUT2D eigenvalue weighted by atomic mass is 10.1. The number of nitrogens with one attached hydrogen (secondary N) is 2. The van der Waals surface area contributed by atoms with Gasteiger partial charge in [0.1, 0.15) is 0 Å². The number of ketones is 1. The molecule has 0 bridgehead atoms. The normalized spacial score (nSPS) is 11.3. The number of hydrogen-bond acceptors (Lipinski definition) is 3. The zero-order valence-electron chi connectivity index (χ0n) is 14.2. The second-order valence-electron chi connectivity index (χ2n) is 5.86. The minimum Gasteiger partial charge on any atom is -0.308 e. The van der Waals surface area contributed by atoms with Crippen LogP contribution in [0.5, 0.6) is 0 Å². The molecule has 0 heterocycles. The van der Waals surface area contributed by atoms with Crippen molar-refractivity contribution in [3.63, 3.8) is 0 Å². The van der Waals surface area contributed by atoms with Gasteiger partial charge in [-0.1, -0.05) is 12.1 Å². The zero-order valence-corrected chi connectivity index (χ0v) is 14.2. The summed E-state index contributed by atoms with van der Waals surface area (Å²) in [5, 5.41) is 4.62. The lowest BCUT2D eigenvalue weighted by Crippen LogP contribution is -2.22. The van der Waals surface area contributed by atoms with Crippen molar-refractivity contribution in [3.8, 4) is 0 Å². The minimum absolute atomic E-state index is 0.0786. The van der Waals surface area contributed by atoms with Crippen LogP contribution in [0.2, 0.25) is 0 Å². The van der Waals surface area contributed by atoms with Crippen LogP contribution in [0.3, 0.4) is 0 Å². The molecule has 0 aliphatic heterocycles. The van der Waals surface area contributed by atoms with E-state index in [0.717, 1.165) is 6.07 Å². The molecule has 5 nitrogen and oxygen atoms in total. The quantitative estimate of drug-likeness (QED) is 0.785. The molecule has 2 rings (SSSR count). The van der Waals surface area contributed by atoms with Crippen molar-refractivity contribution < 1.29 is 22.8 Å².